The molecule has 0 spiro atoms. The fourth-order valence-corrected chi connectivity index (χ4v) is 2.41. The van der Waals surface area contributed by atoms with E-state index in [2.05, 4.69) is 69.2 Å². The lowest BCUT2D eigenvalue weighted by Gasteiger charge is -2.18. The largest absolute Gasteiger partial charge is 0.310 e. The van der Waals surface area contributed by atoms with Crippen LogP contribution in [0.4, 0.5) is 0 Å². The molecule has 0 unspecified atom stereocenters. The van der Waals surface area contributed by atoms with Crippen molar-refractivity contribution in [1.29, 1.82) is 0 Å². The first kappa shape index (κ1) is 17.2. The minimum atomic E-state index is 0.547. The molecule has 0 radical (unpaired) electrons. The molecule has 20 heavy (non-hydrogen) atoms. The molecule has 0 bridgehead atoms. The normalized spacial score (nSPS) is 11.8. The topological polar surface area (TPSA) is 15.3 Å². The number of hydrogen-bond acceptors (Lipinski definition) is 2. The average molecular weight is 276 g/mol. The van der Waals surface area contributed by atoms with Crippen LogP contribution in [0, 0.1) is 5.92 Å². The van der Waals surface area contributed by atoms with Crippen LogP contribution in [0.5, 0.6) is 0 Å². The van der Waals surface area contributed by atoms with Crippen molar-refractivity contribution in [3.05, 3.63) is 35.4 Å². The van der Waals surface area contributed by atoms with Crippen LogP contribution in [0.15, 0.2) is 24.3 Å². The molecule has 0 heterocycles. The molecule has 1 N–H and O–H groups in total. The first-order valence-corrected chi connectivity index (χ1v) is 7.97. The lowest BCUT2D eigenvalue weighted by molar-refractivity contribution is 0.292. The Balaban J connectivity index is 2.27. The summed E-state index contributed by atoms with van der Waals surface area (Å²) in [7, 11) is 2.22. The second-order valence-electron chi connectivity index (χ2n) is 6.61. The molecule has 0 fully saturated rings. The molecule has 2 heteroatoms. The third-order valence-corrected chi connectivity index (χ3v) is 3.42. The minimum absolute atomic E-state index is 0.547. The van der Waals surface area contributed by atoms with Crippen molar-refractivity contribution < 1.29 is 0 Å². The van der Waals surface area contributed by atoms with E-state index in [1.54, 1.807) is 0 Å². The zero-order valence-corrected chi connectivity index (χ0v) is 13.9. The Morgan fingerprint density at radius 1 is 1.00 bits per heavy atom. The SMILES string of the molecule is CC(C)CN(C)CCCc1ccc(CNC(C)C)cc1. The molecule has 0 aliphatic carbocycles. The highest BCUT2D eigenvalue weighted by molar-refractivity contribution is 5.22. The Kier molecular flexibility index (Phi) is 7.86. The molecule has 0 aromatic heterocycles. The predicted molar refractivity (Wildman–Crippen MR) is 89.1 cm³/mol. The fraction of sp³-hybridized carbons (Fsp3) is 0.667. The van der Waals surface area contributed by atoms with E-state index >= 15 is 0 Å². The molecule has 1 aromatic rings. The van der Waals surface area contributed by atoms with Gasteiger partial charge in [-0.3, -0.25) is 0 Å². The summed E-state index contributed by atoms with van der Waals surface area (Å²) in [5, 5.41) is 3.45. The van der Waals surface area contributed by atoms with Crippen LogP contribution >= 0.6 is 0 Å². The fourth-order valence-electron chi connectivity index (χ4n) is 2.41. The van der Waals surface area contributed by atoms with Crippen LogP contribution in [0.25, 0.3) is 0 Å². The van der Waals surface area contributed by atoms with Crippen LogP contribution in [-0.4, -0.2) is 31.1 Å². The maximum atomic E-state index is 3.45. The summed E-state index contributed by atoms with van der Waals surface area (Å²) in [6.07, 6.45) is 2.42. The van der Waals surface area contributed by atoms with Gasteiger partial charge in [-0.2, -0.15) is 0 Å². The van der Waals surface area contributed by atoms with Crippen molar-refractivity contribution in [2.45, 2.75) is 53.1 Å². The van der Waals surface area contributed by atoms with Gasteiger partial charge in [0.15, 0.2) is 0 Å². The first-order valence-electron chi connectivity index (χ1n) is 7.97. The second-order valence-corrected chi connectivity index (χ2v) is 6.61. The van der Waals surface area contributed by atoms with Gasteiger partial charge in [0, 0.05) is 19.1 Å². The molecule has 0 aliphatic rings. The van der Waals surface area contributed by atoms with Crippen molar-refractivity contribution >= 4 is 0 Å². The average Bonchev–Trinajstić information content (AvgIpc) is 2.37. The summed E-state index contributed by atoms with van der Waals surface area (Å²) in [6.45, 7) is 12.3. The van der Waals surface area contributed by atoms with Gasteiger partial charge in [-0.25, -0.2) is 0 Å². The summed E-state index contributed by atoms with van der Waals surface area (Å²) in [5.41, 5.74) is 2.83. The van der Waals surface area contributed by atoms with E-state index in [0.29, 0.717) is 6.04 Å². The quantitative estimate of drug-likeness (QED) is 0.740. The minimum Gasteiger partial charge on any atom is -0.310 e. The number of nitrogens with zero attached hydrogens (tertiary/aromatic N) is 1. The van der Waals surface area contributed by atoms with E-state index < -0.39 is 0 Å². The predicted octanol–water partition coefficient (Wildman–Crippen LogP) is 3.71. The number of rotatable bonds is 9. The van der Waals surface area contributed by atoms with E-state index in [9.17, 15) is 0 Å². The van der Waals surface area contributed by atoms with Gasteiger partial charge in [-0.15, -0.1) is 0 Å². The Hall–Kier alpha value is -0.860. The number of hydrogen-bond donors (Lipinski definition) is 1. The summed E-state index contributed by atoms with van der Waals surface area (Å²) < 4.78 is 0. The molecule has 0 saturated heterocycles. The molecular weight excluding hydrogens is 244 g/mol. The Morgan fingerprint density at radius 3 is 2.15 bits per heavy atom. The summed E-state index contributed by atoms with van der Waals surface area (Å²) in [4.78, 5) is 2.44. The van der Waals surface area contributed by atoms with E-state index in [4.69, 9.17) is 0 Å². The third-order valence-electron chi connectivity index (χ3n) is 3.42. The van der Waals surface area contributed by atoms with Crippen molar-refractivity contribution in [3.63, 3.8) is 0 Å². The summed E-state index contributed by atoms with van der Waals surface area (Å²) in [6, 6.07) is 9.61. The van der Waals surface area contributed by atoms with Crippen LogP contribution in [0.1, 0.15) is 45.2 Å². The van der Waals surface area contributed by atoms with Gasteiger partial charge in [-0.05, 0) is 43.5 Å². The van der Waals surface area contributed by atoms with Gasteiger partial charge in [-0.1, -0.05) is 52.0 Å². The maximum absolute atomic E-state index is 3.45. The molecule has 114 valence electrons. The van der Waals surface area contributed by atoms with Gasteiger partial charge in [0.05, 0.1) is 0 Å². The molecule has 1 aromatic carbocycles. The van der Waals surface area contributed by atoms with Gasteiger partial charge in [0.1, 0.15) is 0 Å². The molecule has 0 atom stereocenters. The third kappa shape index (κ3) is 7.66. The Labute approximate surface area is 125 Å². The number of nitrogens with one attached hydrogen (secondary N) is 1. The molecule has 0 saturated carbocycles. The monoisotopic (exact) mass is 276 g/mol. The number of aryl methyl sites for hydroxylation is 1. The Bertz CT molecular complexity index is 354. The number of benzene rings is 1. The molecule has 2 nitrogen and oxygen atoms in total. The van der Waals surface area contributed by atoms with Gasteiger partial charge >= 0.3 is 0 Å². The Morgan fingerprint density at radius 2 is 1.60 bits per heavy atom. The molecule has 1 rings (SSSR count). The second kappa shape index (κ2) is 9.15. The van der Waals surface area contributed by atoms with E-state index in [-0.39, 0.29) is 0 Å². The van der Waals surface area contributed by atoms with Crippen molar-refractivity contribution in [2.75, 3.05) is 20.1 Å². The van der Waals surface area contributed by atoms with Crippen molar-refractivity contribution in [3.8, 4) is 0 Å². The van der Waals surface area contributed by atoms with E-state index in [1.807, 2.05) is 0 Å². The zero-order chi connectivity index (χ0) is 15.0. The van der Waals surface area contributed by atoms with E-state index in [1.165, 1.54) is 37.1 Å². The van der Waals surface area contributed by atoms with Crippen LogP contribution in [-0.2, 0) is 13.0 Å². The highest BCUT2D eigenvalue weighted by Gasteiger charge is 2.02. The lowest BCUT2D eigenvalue weighted by Crippen LogP contribution is -2.24. The summed E-state index contributed by atoms with van der Waals surface area (Å²) in [5.74, 6) is 0.757. The smallest absolute Gasteiger partial charge is 0.0207 e. The highest BCUT2D eigenvalue weighted by atomic mass is 15.1. The molecular formula is C18H32N2. The maximum Gasteiger partial charge on any atom is 0.0207 e. The highest BCUT2D eigenvalue weighted by Crippen LogP contribution is 2.08. The summed E-state index contributed by atoms with van der Waals surface area (Å²) >= 11 is 0. The molecule has 0 aliphatic heterocycles. The van der Waals surface area contributed by atoms with Crippen molar-refractivity contribution in [1.82, 2.24) is 10.2 Å². The lowest BCUT2D eigenvalue weighted by atomic mass is 10.1. The molecule has 0 amide bonds. The van der Waals surface area contributed by atoms with Crippen LogP contribution in [0.3, 0.4) is 0 Å². The van der Waals surface area contributed by atoms with Gasteiger partial charge < -0.3 is 10.2 Å². The first-order chi connectivity index (χ1) is 9.47. The standard InChI is InChI=1S/C18H32N2/c1-15(2)14-20(5)12-6-7-17-8-10-18(11-9-17)13-19-16(3)4/h8-11,15-16,19H,6-7,12-14H2,1-5H3. The van der Waals surface area contributed by atoms with E-state index in [0.717, 1.165) is 12.5 Å². The van der Waals surface area contributed by atoms with Crippen molar-refractivity contribution in [2.24, 2.45) is 5.92 Å². The van der Waals surface area contributed by atoms with Gasteiger partial charge in [0.2, 0.25) is 0 Å². The van der Waals surface area contributed by atoms with Crippen LogP contribution < -0.4 is 5.32 Å². The van der Waals surface area contributed by atoms with Gasteiger partial charge in [0.25, 0.3) is 0 Å². The zero-order valence-electron chi connectivity index (χ0n) is 13.9. The van der Waals surface area contributed by atoms with Crippen LogP contribution in [0.2, 0.25) is 0 Å².